The number of aromatic nitrogens is 1. The second-order valence-corrected chi connectivity index (χ2v) is 9.74. The lowest BCUT2D eigenvalue weighted by Crippen LogP contribution is -2.49. The van der Waals surface area contributed by atoms with Gasteiger partial charge in [0.2, 0.25) is 0 Å². The second kappa shape index (κ2) is 7.37. The number of carbonyl (C=O) groups is 1. The van der Waals surface area contributed by atoms with Crippen LogP contribution >= 0.6 is 0 Å². The highest BCUT2D eigenvalue weighted by Gasteiger charge is 2.42. The van der Waals surface area contributed by atoms with Gasteiger partial charge in [-0.15, -0.1) is 0 Å². The van der Waals surface area contributed by atoms with Gasteiger partial charge in [-0.1, -0.05) is 0 Å². The number of hydrogen-bond donors (Lipinski definition) is 0. The highest BCUT2D eigenvalue weighted by atomic mass is 32.2. The van der Waals surface area contributed by atoms with E-state index in [2.05, 4.69) is 0 Å². The number of rotatable bonds is 4. The number of hydrogen-bond acceptors (Lipinski definition) is 4. The van der Waals surface area contributed by atoms with Gasteiger partial charge in [0.25, 0.3) is 21.7 Å². The fraction of sp³-hybridized carbons (Fsp3) is 0.667. The van der Waals surface area contributed by atoms with E-state index < -0.39 is 10.2 Å². The molecule has 150 valence electrons. The molecule has 2 bridgehead atoms. The van der Waals surface area contributed by atoms with Crippen LogP contribution in [0.15, 0.2) is 16.9 Å². The first-order valence-electron chi connectivity index (χ1n) is 9.35. The van der Waals surface area contributed by atoms with Crippen LogP contribution in [0.2, 0.25) is 0 Å². The molecule has 3 aliphatic heterocycles. The highest BCUT2D eigenvalue weighted by molar-refractivity contribution is 7.86. The van der Waals surface area contributed by atoms with Crippen LogP contribution in [-0.2, 0) is 16.8 Å². The van der Waals surface area contributed by atoms with Crippen molar-refractivity contribution in [2.75, 3.05) is 33.7 Å². The molecular formula is C18H28N4O4S. The number of piperidine rings is 1. The fourth-order valence-corrected chi connectivity index (χ4v) is 5.31. The summed E-state index contributed by atoms with van der Waals surface area (Å²) in [4.78, 5) is 27.6. The number of fused-ring (bicyclic) bond motifs is 4. The average molecular weight is 397 g/mol. The molecule has 0 aliphatic carbocycles. The summed E-state index contributed by atoms with van der Waals surface area (Å²) in [5.41, 5.74) is 0.706. The molecule has 0 N–H and O–H groups in total. The van der Waals surface area contributed by atoms with Gasteiger partial charge < -0.3 is 9.47 Å². The maximum atomic E-state index is 13.2. The van der Waals surface area contributed by atoms with Gasteiger partial charge in [-0.2, -0.15) is 17.0 Å². The first-order chi connectivity index (χ1) is 12.7. The summed E-state index contributed by atoms with van der Waals surface area (Å²) in [6.07, 6.45) is 1.64. The Morgan fingerprint density at radius 1 is 1.19 bits per heavy atom. The van der Waals surface area contributed by atoms with Gasteiger partial charge in [0.05, 0.1) is 0 Å². The predicted octanol–water partition coefficient (Wildman–Crippen LogP) is 0.519. The van der Waals surface area contributed by atoms with Crippen LogP contribution in [0.3, 0.4) is 0 Å². The third-order valence-corrected chi connectivity index (χ3v) is 7.54. The zero-order valence-electron chi connectivity index (χ0n) is 16.4. The monoisotopic (exact) mass is 396 g/mol. The summed E-state index contributed by atoms with van der Waals surface area (Å²) in [5.74, 6) is -0.206. The fourth-order valence-electron chi connectivity index (χ4n) is 4.09. The lowest BCUT2D eigenvalue weighted by molar-refractivity contribution is 0.0586. The van der Waals surface area contributed by atoms with Crippen molar-refractivity contribution >= 4 is 16.1 Å². The smallest absolute Gasteiger partial charge is 0.281 e. The minimum absolute atomic E-state index is 0.0845. The van der Waals surface area contributed by atoms with Crippen LogP contribution in [0.4, 0.5) is 0 Å². The zero-order valence-corrected chi connectivity index (χ0v) is 17.2. The molecule has 27 heavy (non-hydrogen) atoms. The number of amides is 1. The van der Waals surface area contributed by atoms with Crippen molar-refractivity contribution in [3.8, 4) is 0 Å². The van der Waals surface area contributed by atoms with Crippen LogP contribution in [0, 0.1) is 12.8 Å². The quantitative estimate of drug-likeness (QED) is 0.743. The van der Waals surface area contributed by atoms with Gasteiger partial charge >= 0.3 is 0 Å². The van der Waals surface area contributed by atoms with Crippen LogP contribution in [-0.4, -0.2) is 72.2 Å². The van der Waals surface area contributed by atoms with Crippen LogP contribution < -0.4 is 5.56 Å². The molecule has 4 heterocycles. The van der Waals surface area contributed by atoms with Gasteiger partial charge in [-0.3, -0.25) is 9.59 Å². The standard InChI is InChI=1S/C18H28N4O4S/c1-5-21-13(2)6-9-16(17(21)23)18(24)22-11-14-7-8-15(22)12-20(10-14)27(25,26)19(3)4/h6,9,14-15H,5,7-8,10-12H2,1-4H3. The summed E-state index contributed by atoms with van der Waals surface area (Å²) in [5, 5.41) is 0. The Morgan fingerprint density at radius 3 is 2.52 bits per heavy atom. The van der Waals surface area contributed by atoms with E-state index >= 15 is 0 Å². The Hall–Kier alpha value is -1.71. The lowest BCUT2D eigenvalue weighted by atomic mass is 9.94. The largest absolute Gasteiger partial charge is 0.334 e. The van der Waals surface area contributed by atoms with Crippen LogP contribution in [0.1, 0.15) is 35.8 Å². The zero-order chi connectivity index (χ0) is 19.9. The Kier molecular flexibility index (Phi) is 5.47. The van der Waals surface area contributed by atoms with E-state index in [1.54, 1.807) is 21.6 Å². The van der Waals surface area contributed by atoms with Crippen LogP contribution in [0.25, 0.3) is 0 Å². The summed E-state index contributed by atoms with van der Waals surface area (Å²) < 4.78 is 29.4. The van der Waals surface area contributed by atoms with E-state index in [0.29, 0.717) is 19.6 Å². The van der Waals surface area contributed by atoms with E-state index in [0.717, 1.165) is 18.5 Å². The predicted molar refractivity (Wildman–Crippen MR) is 103 cm³/mol. The summed E-state index contributed by atoms with van der Waals surface area (Å²) >= 11 is 0. The molecule has 3 fully saturated rings. The lowest BCUT2D eigenvalue weighted by Gasteiger charge is -2.36. The Morgan fingerprint density at radius 2 is 1.89 bits per heavy atom. The molecule has 1 aromatic rings. The molecule has 8 nitrogen and oxygen atoms in total. The van der Waals surface area contributed by atoms with Gasteiger partial charge in [0, 0.05) is 52.0 Å². The van der Waals surface area contributed by atoms with E-state index in [4.69, 9.17) is 0 Å². The SMILES string of the molecule is CCn1c(C)ccc(C(=O)N2CC3CCC2CN(S(=O)(=O)N(C)C)C3)c1=O. The molecule has 3 saturated heterocycles. The first kappa shape index (κ1) is 20.0. The Labute approximate surface area is 160 Å². The van der Waals surface area contributed by atoms with E-state index in [-0.39, 0.29) is 35.5 Å². The molecule has 1 aromatic heterocycles. The maximum absolute atomic E-state index is 13.2. The van der Waals surface area contributed by atoms with Crippen molar-refractivity contribution in [2.45, 2.75) is 39.3 Å². The topological polar surface area (TPSA) is 82.9 Å². The molecule has 1 amide bonds. The Bertz CT molecular complexity index is 893. The van der Waals surface area contributed by atoms with Gasteiger partial charge in [-0.25, -0.2) is 0 Å². The summed E-state index contributed by atoms with van der Waals surface area (Å²) in [6, 6.07) is 3.18. The van der Waals surface area contributed by atoms with Crippen LogP contribution in [0.5, 0.6) is 0 Å². The third kappa shape index (κ3) is 3.55. The van der Waals surface area contributed by atoms with E-state index in [1.807, 2.05) is 13.8 Å². The van der Waals surface area contributed by atoms with Gasteiger partial charge in [0.15, 0.2) is 0 Å². The number of nitrogens with zero attached hydrogens (tertiary/aromatic N) is 4. The molecule has 9 heteroatoms. The summed E-state index contributed by atoms with van der Waals surface area (Å²) in [7, 11) is -0.488. The van der Waals surface area contributed by atoms with Gasteiger partial charge in [-0.05, 0) is 44.7 Å². The van der Waals surface area contributed by atoms with Crippen molar-refractivity contribution < 1.29 is 13.2 Å². The minimum Gasteiger partial charge on any atom is -0.334 e. The van der Waals surface area contributed by atoms with Gasteiger partial charge in [0.1, 0.15) is 5.56 Å². The Balaban J connectivity index is 1.91. The third-order valence-electron chi connectivity index (χ3n) is 5.67. The van der Waals surface area contributed by atoms with Crippen molar-refractivity contribution in [3.63, 3.8) is 0 Å². The number of pyridine rings is 1. The van der Waals surface area contributed by atoms with E-state index in [9.17, 15) is 18.0 Å². The number of aryl methyl sites for hydroxylation is 1. The highest BCUT2D eigenvalue weighted by Crippen LogP contribution is 2.30. The molecule has 2 atom stereocenters. The van der Waals surface area contributed by atoms with Crippen molar-refractivity contribution in [1.82, 2.24) is 18.1 Å². The van der Waals surface area contributed by atoms with Crippen molar-refractivity contribution in [3.05, 3.63) is 33.7 Å². The first-order valence-corrected chi connectivity index (χ1v) is 10.8. The van der Waals surface area contributed by atoms with Crippen molar-refractivity contribution in [1.29, 1.82) is 0 Å². The molecule has 3 aliphatic rings. The van der Waals surface area contributed by atoms with Crippen molar-refractivity contribution in [2.24, 2.45) is 5.92 Å². The summed E-state index contributed by atoms with van der Waals surface area (Å²) in [6.45, 7) is 5.40. The molecule has 0 aromatic carbocycles. The molecule has 0 radical (unpaired) electrons. The second-order valence-electron chi connectivity index (χ2n) is 7.60. The normalized spacial score (nSPS) is 23.7. The molecule has 2 unspecified atom stereocenters. The molecular weight excluding hydrogens is 368 g/mol. The maximum Gasteiger partial charge on any atom is 0.281 e. The minimum atomic E-state index is -3.52. The average Bonchev–Trinajstić information content (AvgIpc) is 2.94. The van der Waals surface area contributed by atoms with E-state index in [1.165, 1.54) is 22.7 Å². The molecule has 4 rings (SSSR count). The number of carbonyl (C=O) groups excluding carboxylic acids is 1. The molecule has 0 saturated carbocycles. The molecule has 0 spiro atoms.